The van der Waals surface area contributed by atoms with Crippen LogP contribution < -0.4 is 20.3 Å². The first-order chi connectivity index (χ1) is 19.2. The lowest BCUT2D eigenvalue weighted by Crippen LogP contribution is -2.45. The van der Waals surface area contributed by atoms with E-state index in [4.69, 9.17) is 19.2 Å². The summed E-state index contributed by atoms with van der Waals surface area (Å²) in [5.41, 5.74) is 0.478. The number of aromatic nitrogens is 4. The number of pyridine rings is 1. The number of morpholine rings is 1. The number of anilines is 3. The number of methoxy groups -OCH3 is 1. The topological polar surface area (TPSA) is 135 Å². The fourth-order valence-electron chi connectivity index (χ4n) is 4.32. The molecule has 0 unspecified atom stereocenters. The van der Waals surface area contributed by atoms with E-state index in [1.165, 1.54) is 22.7 Å². The maximum absolute atomic E-state index is 13.6. The molecule has 13 heteroatoms. The average molecular weight is 553 g/mol. The molecule has 1 saturated carbocycles. The summed E-state index contributed by atoms with van der Waals surface area (Å²) in [5.74, 6) is 0.907. The van der Waals surface area contributed by atoms with Crippen molar-refractivity contribution in [3.8, 4) is 5.88 Å². The molecule has 2 aliphatic rings. The smallest absolute Gasteiger partial charge is 0.416 e. The zero-order chi connectivity index (χ0) is 28.3. The highest BCUT2D eigenvalue weighted by atomic mass is 16.6. The Morgan fingerprint density at radius 3 is 2.70 bits per heavy atom. The summed E-state index contributed by atoms with van der Waals surface area (Å²) >= 11 is 0. The van der Waals surface area contributed by atoms with Crippen molar-refractivity contribution < 1.29 is 23.8 Å². The second kappa shape index (κ2) is 11.6. The molecule has 2 N–H and O–H groups in total. The Labute approximate surface area is 232 Å². The first-order valence-corrected chi connectivity index (χ1v) is 13.5. The Morgan fingerprint density at radius 2 is 2.00 bits per heavy atom. The van der Waals surface area contributed by atoms with Gasteiger partial charge in [-0.1, -0.05) is 0 Å². The second-order valence-corrected chi connectivity index (χ2v) is 10.8. The van der Waals surface area contributed by atoms with Gasteiger partial charge in [0.15, 0.2) is 5.65 Å². The number of hydrogen-bond acceptors (Lipinski definition) is 10. The van der Waals surface area contributed by atoms with Crippen molar-refractivity contribution in [2.45, 2.75) is 45.3 Å². The van der Waals surface area contributed by atoms with Crippen LogP contribution in [0.1, 0.15) is 44.0 Å². The van der Waals surface area contributed by atoms with Crippen LogP contribution in [0.4, 0.5) is 22.1 Å². The molecule has 3 aromatic heterocycles. The minimum absolute atomic E-state index is 0.162. The van der Waals surface area contributed by atoms with E-state index in [2.05, 4.69) is 25.6 Å². The third-order valence-electron chi connectivity index (χ3n) is 6.47. The van der Waals surface area contributed by atoms with E-state index >= 15 is 0 Å². The second-order valence-electron chi connectivity index (χ2n) is 10.8. The van der Waals surface area contributed by atoms with Gasteiger partial charge in [-0.25, -0.2) is 14.8 Å². The maximum atomic E-state index is 13.6. The monoisotopic (exact) mass is 552 g/mol. The number of nitrogens with zero attached hydrogens (tertiary/aromatic N) is 6. The third-order valence-corrected chi connectivity index (χ3v) is 6.47. The van der Waals surface area contributed by atoms with Gasteiger partial charge in [0, 0.05) is 44.5 Å². The van der Waals surface area contributed by atoms with Crippen LogP contribution in [-0.2, 0) is 9.47 Å². The molecule has 3 aromatic rings. The summed E-state index contributed by atoms with van der Waals surface area (Å²) in [7, 11) is 1.53. The maximum Gasteiger partial charge on any atom is 0.416 e. The molecule has 5 rings (SSSR count). The summed E-state index contributed by atoms with van der Waals surface area (Å²) in [6.45, 7) is 9.23. The Bertz CT molecular complexity index is 1360. The van der Waals surface area contributed by atoms with Gasteiger partial charge in [-0.15, -0.1) is 0 Å². The molecule has 13 nitrogen and oxygen atoms in total. The van der Waals surface area contributed by atoms with E-state index in [1.807, 2.05) is 20.8 Å². The molecule has 1 aliphatic carbocycles. The number of ether oxygens (including phenoxy) is 3. The zero-order valence-corrected chi connectivity index (χ0v) is 23.3. The Hall–Kier alpha value is -3.97. The van der Waals surface area contributed by atoms with Gasteiger partial charge in [0.25, 0.3) is 5.91 Å². The largest absolute Gasteiger partial charge is 0.480 e. The minimum Gasteiger partial charge on any atom is -0.480 e. The number of amides is 2. The molecule has 0 spiro atoms. The van der Waals surface area contributed by atoms with Crippen molar-refractivity contribution in [2.75, 3.05) is 56.7 Å². The van der Waals surface area contributed by atoms with Gasteiger partial charge in [-0.3, -0.25) is 14.6 Å². The van der Waals surface area contributed by atoms with Crippen molar-refractivity contribution in [1.82, 2.24) is 29.8 Å². The van der Waals surface area contributed by atoms with Crippen molar-refractivity contribution in [1.29, 1.82) is 0 Å². The van der Waals surface area contributed by atoms with Gasteiger partial charge in [0.1, 0.15) is 28.5 Å². The molecule has 2 fully saturated rings. The van der Waals surface area contributed by atoms with Gasteiger partial charge in [-0.2, -0.15) is 9.61 Å². The van der Waals surface area contributed by atoms with Crippen LogP contribution in [0.15, 0.2) is 30.6 Å². The number of carbonyl (C=O) groups is 2. The molecule has 0 radical (unpaired) electrons. The molecule has 0 aromatic carbocycles. The van der Waals surface area contributed by atoms with E-state index in [1.54, 1.807) is 24.4 Å². The lowest BCUT2D eigenvalue weighted by atomic mass is 10.2. The lowest BCUT2D eigenvalue weighted by molar-refractivity contribution is 0.0374. The SMILES string of the molecule is COc1ncccc1Nc1cc(N(CCN2CCOCC2)C(=O)OC(C)(C)C)n2ncc(C(=O)NC3CC3)c2n1. The van der Waals surface area contributed by atoms with Crippen LogP contribution in [0, 0.1) is 0 Å². The van der Waals surface area contributed by atoms with Crippen molar-refractivity contribution in [2.24, 2.45) is 0 Å². The predicted molar refractivity (Wildman–Crippen MR) is 148 cm³/mol. The number of nitrogens with one attached hydrogen (secondary N) is 2. The highest BCUT2D eigenvalue weighted by Crippen LogP contribution is 2.29. The molecule has 1 saturated heterocycles. The van der Waals surface area contributed by atoms with Gasteiger partial charge >= 0.3 is 6.09 Å². The highest BCUT2D eigenvalue weighted by molar-refractivity contribution is 6.00. The Morgan fingerprint density at radius 1 is 1.23 bits per heavy atom. The summed E-state index contributed by atoms with van der Waals surface area (Å²) in [5, 5.41) is 10.7. The standard InChI is InChI=1S/C27H36N8O5/c1-27(2,3)40-26(37)34(11-10-33-12-14-39-15-13-33)22-16-21(31-20-6-5-9-28-25(20)38-4)32-23-19(17-29-35(22)23)24(36)30-18-7-8-18/h5-6,9,16-18H,7-8,10-15H2,1-4H3,(H,30,36)(H,31,32). The molecule has 1 aliphatic heterocycles. The average Bonchev–Trinajstić information content (AvgIpc) is 3.63. The fourth-order valence-corrected chi connectivity index (χ4v) is 4.32. The lowest BCUT2D eigenvalue weighted by Gasteiger charge is -2.31. The summed E-state index contributed by atoms with van der Waals surface area (Å²) < 4.78 is 18.2. The zero-order valence-electron chi connectivity index (χ0n) is 23.3. The molecular weight excluding hydrogens is 516 g/mol. The summed E-state index contributed by atoms with van der Waals surface area (Å²) in [6, 6.07) is 5.44. The number of carbonyl (C=O) groups excluding carboxylic acids is 2. The first kappa shape index (κ1) is 27.6. The van der Waals surface area contributed by atoms with E-state index < -0.39 is 11.7 Å². The van der Waals surface area contributed by atoms with Crippen molar-refractivity contribution in [3.05, 3.63) is 36.2 Å². The van der Waals surface area contributed by atoms with Gasteiger partial charge < -0.3 is 24.8 Å². The van der Waals surface area contributed by atoms with Crippen molar-refractivity contribution in [3.63, 3.8) is 0 Å². The molecule has 214 valence electrons. The molecule has 0 atom stereocenters. The third kappa shape index (κ3) is 6.59. The normalized spacial score (nSPS) is 16.0. The van der Waals surface area contributed by atoms with Crippen LogP contribution in [0.3, 0.4) is 0 Å². The van der Waals surface area contributed by atoms with Gasteiger partial charge in [0.2, 0.25) is 5.88 Å². The summed E-state index contributed by atoms with van der Waals surface area (Å²) in [6.07, 6.45) is 4.47. The Kier molecular flexibility index (Phi) is 8.03. The van der Waals surface area contributed by atoms with Crippen LogP contribution >= 0.6 is 0 Å². The van der Waals surface area contributed by atoms with Gasteiger partial charge in [-0.05, 0) is 45.7 Å². The number of hydrogen-bond donors (Lipinski definition) is 2. The molecular formula is C27H36N8O5. The van der Waals surface area contributed by atoms with Crippen molar-refractivity contribution >= 4 is 35.0 Å². The highest BCUT2D eigenvalue weighted by Gasteiger charge is 2.30. The number of rotatable bonds is 9. The van der Waals surface area contributed by atoms with Crippen LogP contribution in [0.5, 0.6) is 5.88 Å². The van der Waals surface area contributed by atoms with E-state index in [-0.39, 0.29) is 11.9 Å². The van der Waals surface area contributed by atoms with E-state index in [0.717, 1.165) is 25.9 Å². The minimum atomic E-state index is -0.718. The molecule has 2 amide bonds. The first-order valence-electron chi connectivity index (χ1n) is 13.5. The molecule has 40 heavy (non-hydrogen) atoms. The van der Waals surface area contributed by atoms with Crippen LogP contribution in [-0.4, -0.2) is 94.6 Å². The summed E-state index contributed by atoms with van der Waals surface area (Å²) in [4.78, 5) is 39.4. The Balaban J connectivity index is 1.57. The predicted octanol–water partition coefficient (Wildman–Crippen LogP) is 2.84. The van der Waals surface area contributed by atoms with Gasteiger partial charge in [0.05, 0.1) is 26.5 Å². The molecule has 4 heterocycles. The van der Waals surface area contributed by atoms with E-state index in [0.29, 0.717) is 60.7 Å². The number of fused-ring (bicyclic) bond motifs is 1. The van der Waals surface area contributed by atoms with E-state index in [9.17, 15) is 9.59 Å². The van der Waals surface area contributed by atoms with Crippen LogP contribution in [0.25, 0.3) is 5.65 Å². The van der Waals surface area contributed by atoms with Crippen LogP contribution in [0.2, 0.25) is 0 Å². The fraction of sp³-hybridized carbons (Fsp3) is 0.519. The quantitative estimate of drug-likeness (QED) is 0.408. The molecule has 0 bridgehead atoms.